The van der Waals surface area contributed by atoms with E-state index in [4.69, 9.17) is 10.2 Å². The SMILES string of the molecule is CCSCC(C)NS(=O)(=O)c1ccc(CN)o1. The van der Waals surface area contributed by atoms with Crippen molar-refractivity contribution in [3.05, 3.63) is 17.9 Å². The Kier molecular flexibility index (Phi) is 5.51. The van der Waals surface area contributed by atoms with E-state index < -0.39 is 10.0 Å². The lowest BCUT2D eigenvalue weighted by atomic mass is 10.4. The van der Waals surface area contributed by atoms with Gasteiger partial charge in [-0.25, -0.2) is 13.1 Å². The lowest BCUT2D eigenvalue weighted by Crippen LogP contribution is -2.34. The molecule has 98 valence electrons. The summed E-state index contributed by atoms with van der Waals surface area (Å²) >= 11 is 1.68. The first-order chi connectivity index (χ1) is 7.99. The summed E-state index contributed by atoms with van der Waals surface area (Å²) in [5.41, 5.74) is 5.36. The zero-order valence-corrected chi connectivity index (χ0v) is 11.6. The fourth-order valence-corrected chi connectivity index (χ4v) is 3.24. The van der Waals surface area contributed by atoms with Gasteiger partial charge in [0, 0.05) is 11.8 Å². The molecule has 1 atom stereocenters. The molecular weight excluding hydrogens is 260 g/mol. The molecule has 0 aliphatic heterocycles. The predicted octanol–water partition coefficient (Wildman–Crippen LogP) is 1.16. The molecule has 0 saturated carbocycles. The van der Waals surface area contributed by atoms with E-state index in [1.165, 1.54) is 6.07 Å². The Morgan fingerprint density at radius 2 is 2.24 bits per heavy atom. The van der Waals surface area contributed by atoms with Crippen molar-refractivity contribution in [1.82, 2.24) is 4.72 Å². The third-order valence-corrected chi connectivity index (χ3v) is 4.64. The summed E-state index contributed by atoms with van der Waals surface area (Å²) in [6.07, 6.45) is 0. The highest BCUT2D eigenvalue weighted by molar-refractivity contribution is 7.99. The highest BCUT2D eigenvalue weighted by Crippen LogP contribution is 2.14. The maximum atomic E-state index is 11.9. The molecule has 0 radical (unpaired) electrons. The van der Waals surface area contributed by atoms with Crippen LogP contribution in [0, 0.1) is 0 Å². The molecule has 1 aromatic heterocycles. The largest absolute Gasteiger partial charge is 0.447 e. The molecule has 1 heterocycles. The molecule has 1 unspecified atom stereocenters. The Labute approximate surface area is 106 Å². The molecule has 0 fully saturated rings. The predicted molar refractivity (Wildman–Crippen MR) is 69.4 cm³/mol. The van der Waals surface area contributed by atoms with Crippen molar-refractivity contribution in [2.75, 3.05) is 11.5 Å². The minimum Gasteiger partial charge on any atom is -0.447 e. The number of hydrogen-bond donors (Lipinski definition) is 2. The Bertz CT molecular complexity index is 442. The maximum absolute atomic E-state index is 11.9. The van der Waals surface area contributed by atoms with E-state index in [1.807, 2.05) is 13.8 Å². The zero-order valence-electron chi connectivity index (χ0n) is 9.97. The molecule has 0 amide bonds. The van der Waals surface area contributed by atoms with Crippen LogP contribution >= 0.6 is 11.8 Å². The van der Waals surface area contributed by atoms with Gasteiger partial charge in [-0.3, -0.25) is 0 Å². The van der Waals surface area contributed by atoms with Gasteiger partial charge in [-0.1, -0.05) is 6.92 Å². The van der Waals surface area contributed by atoms with Crippen LogP contribution in [0.2, 0.25) is 0 Å². The van der Waals surface area contributed by atoms with E-state index in [-0.39, 0.29) is 17.7 Å². The summed E-state index contributed by atoms with van der Waals surface area (Å²) in [6, 6.07) is 2.86. The number of rotatable bonds is 7. The molecule has 1 rings (SSSR count). The van der Waals surface area contributed by atoms with Crippen molar-refractivity contribution >= 4 is 21.8 Å². The highest BCUT2D eigenvalue weighted by Gasteiger charge is 2.20. The second kappa shape index (κ2) is 6.44. The number of thioether (sulfide) groups is 1. The summed E-state index contributed by atoms with van der Waals surface area (Å²) in [4.78, 5) is 0. The molecule has 7 heteroatoms. The molecule has 0 aliphatic carbocycles. The van der Waals surface area contributed by atoms with E-state index in [0.29, 0.717) is 5.76 Å². The molecule has 0 bridgehead atoms. The fourth-order valence-electron chi connectivity index (χ4n) is 1.26. The number of nitrogens with two attached hydrogens (primary N) is 1. The van der Waals surface area contributed by atoms with Crippen LogP contribution in [0.3, 0.4) is 0 Å². The van der Waals surface area contributed by atoms with E-state index in [1.54, 1.807) is 17.8 Å². The molecule has 0 saturated heterocycles. The second-order valence-corrected chi connectivity index (χ2v) is 6.57. The van der Waals surface area contributed by atoms with Crippen molar-refractivity contribution in [1.29, 1.82) is 0 Å². The third-order valence-electron chi connectivity index (χ3n) is 2.03. The van der Waals surface area contributed by atoms with Crippen molar-refractivity contribution in [2.24, 2.45) is 5.73 Å². The summed E-state index contributed by atoms with van der Waals surface area (Å²) in [5, 5.41) is -0.0775. The first-order valence-corrected chi connectivity index (χ1v) is 8.02. The fraction of sp³-hybridized carbons (Fsp3) is 0.600. The standard InChI is InChI=1S/C10H18N2O3S2/c1-3-16-7-8(2)12-17(13,14)10-5-4-9(6-11)15-10/h4-5,8,12H,3,6-7,11H2,1-2H3. The quantitative estimate of drug-likeness (QED) is 0.781. The monoisotopic (exact) mass is 278 g/mol. The average Bonchev–Trinajstić information content (AvgIpc) is 2.75. The summed E-state index contributed by atoms with van der Waals surface area (Å²) in [6.45, 7) is 4.05. The second-order valence-electron chi connectivity index (χ2n) is 3.61. The molecule has 0 aromatic carbocycles. The van der Waals surface area contributed by atoms with Crippen LogP contribution in [-0.2, 0) is 16.6 Å². The van der Waals surface area contributed by atoms with Gasteiger partial charge in [0.05, 0.1) is 6.54 Å². The van der Waals surface area contributed by atoms with E-state index >= 15 is 0 Å². The number of nitrogens with one attached hydrogen (secondary N) is 1. The molecule has 17 heavy (non-hydrogen) atoms. The van der Waals surface area contributed by atoms with Gasteiger partial charge in [-0.15, -0.1) is 0 Å². The minimum absolute atomic E-state index is 0.0775. The van der Waals surface area contributed by atoms with Crippen molar-refractivity contribution in [2.45, 2.75) is 31.5 Å². The van der Waals surface area contributed by atoms with E-state index in [2.05, 4.69) is 4.72 Å². The zero-order chi connectivity index (χ0) is 12.9. The number of hydrogen-bond acceptors (Lipinski definition) is 5. The first kappa shape index (κ1) is 14.6. The van der Waals surface area contributed by atoms with Gasteiger partial charge < -0.3 is 10.2 Å². The van der Waals surface area contributed by atoms with Gasteiger partial charge >= 0.3 is 0 Å². The molecule has 5 nitrogen and oxygen atoms in total. The molecular formula is C10H18N2O3S2. The summed E-state index contributed by atoms with van der Waals surface area (Å²) in [5.74, 6) is 2.16. The summed E-state index contributed by atoms with van der Waals surface area (Å²) in [7, 11) is -3.56. The Balaban J connectivity index is 2.68. The van der Waals surface area contributed by atoms with Crippen LogP contribution in [0.1, 0.15) is 19.6 Å². The number of sulfonamides is 1. The Morgan fingerprint density at radius 1 is 1.53 bits per heavy atom. The Morgan fingerprint density at radius 3 is 2.76 bits per heavy atom. The van der Waals surface area contributed by atoms with Gasteiger partial charge in [0.25, 0.3) is 10.0 Å². The van der Waals surface area contributed by atoms with Crippen LogP contribution in [-0.4, -0.2) is 26.0 Å². The molecule has 3 N–H and O–H groups in total. The topological polar surface area (TPSA) is 85.3 Å². The minimum atomic E-state index is -3.56. The van der Waals surface area contributed by atoms with Crippen LogP contribution < -0.4 is 10.5 Å². The first-order valence-electron chi connectivity index (χ1n) is 5.38. The van der Waals surface area contributed by atoms with Gasteiger partial charge in [0.15, 0.2) is 0 Å². The van der Waals surface area contributed by atoms with Crippen molar-refractivity contribution < 1.29 is 12.8 Å². The van der Waals surface area contributed by atoms with Gasteiger partial charge in [-0.05, 0) is 24.8 Å². The van der Waals surface area contributed by atoms with Crippen LogP contribution in [0.25, 0.3) is 0 Å². The smallest absolute Gasteiger partial charge is 0.274 e. The van der Waals surface area contributed by atoms with Crippen molar-refractivity contribution in [3.63, 3.8) is 0 Å². The molecule has 1 aromatic rings. The third kappa shape index (κ3) is 4.34. The van der Waals surface area contributed by atoms with Crippen LogP contribution in [0.4, 0.5) is 0 Å². The maximum Gasteiger partial charge on any atom is 0.274 e. The highest BCUT2D eigenvalue weighted by atomic mass is 32.2. The lowest BCUT2D eigenvalue weighted by Gasteiger charge is -2.11. The van der Waals surface area contributed by atoms with Gasteiger partial charge in [0.2, 0.25) is 5.09 Å². The normalized spacial score (nSPS) is 13.8. The van der Waals surface area contributed by atoms with Crippen LogP contribution in [0.15, 0.2) is 21.6 Å². The lowest BCUT2D eigenvalue weighted by molar-refractivity contribution is 0.411. The Hall–Kier alpha value is -0.500. The molecule has 0 aliphatic rings. The van der Waals surface area contributed by atoms with Crippen LogP contribution in [0.5, 0.6) is 0 Å². The number of furan rings is 1. The average molecular weight is 278 g/mol. The summed E-state index contributed by atoms with van der Waals surface area (Å²) < 4.78 is 31.4. The van der Waals surface area contributed by atoms with Gasteiger partial charge in [-0.2, -0.15) is 11.8 Å². The van der Waals surface area contributed by atoms with Crippen molar-refractivity contribution in [3.8, 4) is 0 Å². The van der Waals surface area contributed by atoms with Gasteiger partial charge in [0.1, 0.15) is 5.76 Å². The molecule has 0 spiro atoms. The van der Waals surface area contributed by atoms with E-state index in [0.717, 1.165) is 11.5 Å². The van der Waals surface area contributed by atoms with E-state index in [9.17, 15) is 8.42 Å².